The molecule has 7 heteroatoms. The molecule has 0 saturated carbocycles. The van der Waals surface area contributed by atoms with Crippen molar-refractivity contribution < 1.29 is 19.4 Å². The summed E-state index contributed by atoms with van der Waals surface area (Å²) in [5.74, 6) is 1.02. The van der Waals surface area contributed by atoms with E-state index < -0.39 is 11.7 Å². The normalized spacial score (nSPS) is 35.9. The summed E-state index contributed by atoms with van der Waals surface area (Å²) in [6.45, 7) is 8.33. The van der Waals surface area contributed by atoms with Crippen molar-refractivity contribution in [3.63, 3.8) is 0 Å². The lowest BCUT2D eigenvalue weighted by atomic mass is 9.73. The molecule has 0 aromatic rings. The molecule has 0 aliphatic carbocycles. The molecule has 3 heterocycles. The number of hydrogen-bond donors (Lipinski definition) is 2. The molecule has 1 amide bonds. The van der Waals surface area contributed by atoms with Crippen molar-refractivity contribution in [3.8, 4) is 0 Å². The van der Waals surface area contributed by atoms with Gasteiger partial charge in [-0.1, -0.05) is 0 Å². The third kappa shape index (κ3) is 4.53. The molecule has 1 spiro atoms. The molecule has 0 aromatic heterocycles. The van der Waals surface area contributed by atoms with Crippen LogP contribution in [0.1, 0.15) is 59.3 Å². The Balaban J connectivity index is 1.55. The molecule has 0 unspecified atom stereocenters. The van der Waals surface area contributed by atoms with Crippen LogP contribution in [0, 0.1) is 5.41 Å². The number of nitrogens with two attached hydrogens (primary N) is 1. The van der Waals surface area contributed by atoms with Gasteiger partial charge in [-0.15, -0.1) is 0 Å². The van der Waals surface area contributed by atoms with Crippen LogP contribution in [0.25, 0.3) is 0 Å². The summed E-state index contributed by atoms with van der Waals surface area (Å²) in [4.78, 5) is 14.5. The SMILES string of the molecule is CSCC[C@@H](N)C(=O)N1CCC2(CC1)CO[C@@H]([C@@]1(C)CC[C@H](O)C(C)(C)O1)C2. The Kier molecular flexibility index (Phi) is 6.72. The standard InChI is InChI=1S/C21H38N2O4S/c1-19(2)16(24)5-7-20(3,27-19)17-13-21(14-26-17)8-10-23(11-9-21)18(25)15(22)6-12-28-4/h15-17,24H,5-14,22H2,1-4H3/t15-,16+,17-,20-/m1/s1. The summed E-state index contributed by atoms with van der Waals surface area (Å²) in [5, 5.41) is 10.2. The van der Waals surface area contributed by atoms with Crippen molar-refractivity contribution in [2.24, 2.45) is 11.1 Å². The van der Waals surface area contributed by atoms with Gasteiger partial charge in [-0.25, -0.2) is 0 Å². The minimum absolute atomic E-state index is 0.0466. The van der Waals surface area contributed by atoms with Gasteiger partial charge in [0.25, 0.3) is 0 Å². The molecule has 3 fully saturated rings. The number of ether oxygens (including phenoxy) is 2. The van der Waals surface area contributed by atoms with Gasteiger partial charge in [0.05, 0.1) is 36.1 Å². The highest BCUT2D eigenvalue weighted by Gasteiger charge is 2.53. The van der Waals surface area contributed by atoms with Crippen LogP contribution in [0.4, 0.5) is 0 Å². The second kappa shape index (κ2) is 8.42. The number of thioether (sulfide) groups is 1. The fourth-order valence-corrected chi connectivity index (χ4v) is 5.54. The van der Waals surface area contributed by atoms with Crippen LogP contribution in [0.3, 0.4) is 0 Å². The van der Waals surface area contributed by atoms with Crippen LogP contribution in [0.5, 0.6) is 0 Å². The number of piperidine rings is 1. The number of nitrogens with zero attached hydrogens (tertiary/aromatic N) is 1. The molecule has 3 aliphatic heterocycles. The first kappa shape index (κ1) is 22.3. The van der Waals surface area contributed by atoms with E-state index in [1.807, 2.05) is 25.0 Å². The highest BCUT2D eigenvalue weighted by molar-refractivity contribution is 7.98. The third-order valence-corrected chi connectivity index (χ3v) is 7.83. The van der Waals surface area contributed by atoms with Gasteiger partial charge in [-0.2, -0.15) is 11.8 Å². The Morgan fingerprint density at radius 3 is 2.57 bits per heavy atom. The number of aliphatic hydroxyl groups excluding tert-OH is 1. The number of rotatable bonds is 5. The molecule has 0 bridgehead atoms. The zero-order valence-electron chi connectivity index (χ0n) is 17.9. The number of amides is 1. The number of likely N-dealkylation sites (tertiary alicyclic amines) is 1. The highest BCUT2D eigenvalue weighted by atomic mass is 32.2. The number of aliphatic hydroxyl groups is 1. The summed E-state index contributed by atoms with van der Waals surface area (Å²) < 4.78 is 12.6. The molecule has 4 atom stereocenters. The maximum absolute atomic E-state index is 12.6. The fourth-order valence-electron chi connectivity index (χ4n) is 5.05. The molecule has 0 radical (unpaired) electrons. The number of carbonyl (C=O) groups is 1. The van der Waals surface area contributed by atoms with E-state index in [0.29, 0.717) is 0 Å². The van der Waals surface area contributed by atoms with Crippen molar-refractivity contribution in [3.05, 3.63) is 0 Å². The van der Waals surface area contributed by atoms with E-state index in [1.165, 1.54) is 0 Å². The zero-order chi connectivity index (χ0) is 20.6. The van der Waals surface area contributed by atoms with E-state index in [0.717, 1.165) is 64.0 Å². The predicted molar refractivity (Wildman–Crippen MR) is 112 cm³/mol. The van der Waals surface area contributed by atoms with Gasteiger partial charge >= 0.3 is 0 Å². The largest absolute Gasteiger partial charge is 0.390 e. The Hall–Kier alpha value is -0.340. The van der Waals surface area contributed by atoms with Crippen LogP contribution in [-0.2, 0) is 14.3 Å². The lowest BCUT2D eigenvalue weighted by Crippen LogP contribution is -2.56. The highest BCUT2D eigenvalue weighted by Crippen LogP contribution is 2.49. The summed E-state index contributed by atoms with van der Waals surface area (Å²) in [7, 11) is 0. The minimum atomic E-state index is -0.547. The first-order valence-corrected chi connectivity index (χ1v) is 12.0. The Bertz CT molecular complexity index is 565. The van der Waals surface area contributed by atoms with Gasteiger partial charge in [-0.05, 0) is 76.7 Å². The summed E-state index contributed by atoms with van der Waals surface area (Å²) in [6, 6.07) is -0.378. The molecule has 3 N–H and O–H groups in total. The van der Waals surface area contributed by atoms with Crippen LogP contribution >= 0.6 is 11.8 Å². The first-order valence-electron chi connectivity index (χ1n) is 10.6. The molecular formula is C21H38N2O4S. The Morgan fingerprint density at radius 2 is 1.96 bits per heavy atom. The molecule has 3 rings (SSSR count). The smallest absolute Gasteiger partial charge is 0.239 e. The van der Waals surface area contributed by atoms with Gasteiger partial charge in [0, 0.05) is 13.1 Å². The van der Waals surface area contributed by atoms with Gasteiger partial charge in [-0.3, -0.25) is 4.79 Å². The van der Waals surface area contributed by atoms with Gasteiger partial charge in [0.15, 0.2) is 0 Å². The van der Waals surface area contributed by atoms with E-state index >= 15 is 0 Å². The molecule has 3 saturated heterocycles. The molecular weight excluding hydrogens is 376 g/mol. The van der Waals surface area contributed by atoms with E-state index in [1.54, 1.807) is 11.8 Å². The summed E-state index contributed by atoms with van der Waals surface area (Å²) in [6.07, 6.45) is 6.85. The quantitative estimate of drug-likeness (QED) is 0.717. The molecule has 6 nitrogen and oxygen atoms in total. The number of hydrogen-bond acceptors (Lipinski definition) is 6. The molecule has 0 aromatic carbocycles. The fraction of sp³-hybridized carbons (Fsp3) is 0.952. The van der Waals surface area contributed by atoms with Crippen LogP contribution in [-0.4, -0.2) is 77.1 Å². The first-order chi connectivity index (χ1) is 13.1. The van der Waals surface area contributed by atoms with Gasteiger partial charge in [0.2, 0.25) is 5.91 Å². The maximum Gasteiger partial charge on any atom is 0.239 e. The van der Waals surface area contributed by atoms with Crippen molar-refractivity contribution in [1.82, 2.24) is 4.90 Å². The second-order valence-electron chi connectivity index (χ2n) is 9.79. The van der Waals surface area contributed by atoms with Crippen LogP contribution in [0.2, 0.25) is 0 Å². The third-order valence-electron chi connectivity index (χ3n) is 7.19. The van der Waals surface area contributed by atoms with Gasteiger partial charge < -0.3 is 25.2 Å². The van der Waals surface area contributed by atoms with Crippen molar-refractivity contribution in [2.75, 3.05) is 31.7 Å². The summed E-state index contributed by atoms with van der Waals surface area (Å²) in [5.41, 5.74) is 5.31. The van der Waals surface area contributed by atoms with Gasteiger partial charge in [0.1, 0.15) is 0 Å². The summed E-state index contributed by atoms with van der Waals surface area (Å²) >= 11 is 1.73. The maximum atomic E-state index is 12.6. The van der Waals surface area contributed by atoms with E-state index in [4.69, 9.17) is 15.2 Å². The van der Waals surface area contributed by atoms with E-state index in [2.05, 4.69) is 6.92 Å². The lowest BCUT2D eigenvalue weighted by molar-refractivity contribution is -0.245. The average Bonchev–Trinajstić information content (AvgIpc) is 3.07. The zero-order valence-corrected chi connectivity index (χ0v) is 18.7. The number of carbonyl (C=O) groups excluding carboxylic acids is 1. The van der Waals surface area contributed by atoms with E-state index in [-0.39, 0.29) is 29.1 Å². The molecule has 162 valence electrons. The Labute approximate surface area is 173 Å². The average molecular weight is 415 g/mol. The van der Waals surface area contributed by atoms with Crippen molar-refractivity contribution >= 4 is 17.7 Å². The van der Waals surface area contributed by atoms with Crippen LogP contribution < -0.4 is 5.73 Å². The Morgan fingerprint density at radius 1 is 1.29 bits per heavy atom. The topological polar surface area (TPSA) is 85.0 Å². The predicted octanol–water partition coefficient (Wildman–Crippen LogP) is 2.17. The second-order valence-corrected chi connectivity index (χ2v) is 10.8. The lowest BCUT2D eigenvalue weighted by Gasteiger charge is -2.48. The minimum Gasteiger partial charge on any atom is -0.390 e. The monoisotopic (exact) mass is 414 g/mol. The van der Waals surface area contributed by atoms with Crippen LogP contribution in [0.15, 0.2) is 0 Å². The molecule has 3 aliphatic rings. The molecule has 28 heavy (non-hydrogen) atoms. The van der Waals surface area contributed by atoms with Crippen molar-refractivity contribution in [1.29, 1.82) is 0 Å². The van der Waals surface area contributed by atoms with Crippen molar-refractivity contribution in [2.45, 2.75) is 88.7 Å². The van der Waals surface area contributed by atoms with E-state index in [9.17, 15) is 9.90 Å².